The van der Waals surface area contributed by atoms with Crippen LogP contribution in [0.1, 0.15) is 88.0 Å². The fourth-order valence-electron chi connectivity index (χ4n) is 6.76. The fourth-order valence-corrected chi connectivity index (χ4v) is 6.76. The van der Waals surface area contributed by atoms with E-state index < -0.39 is 47.3 Å². The quantitative estimate of drug-likeness (QED) is 0.117. The van der Waals surface area contributed by atoms with Gasteiger partial charge in [0.25, 0.3) is 5.91 Å². The minimum absolute atomic E-state index is 0.135. The van der Waals surface area contributed by atoms with Gasteiger partial charge in [-0.15, -0.1) is 0 Å². The van der Waals surface area contributed by atoms with Crippen LogP contribution in [0.2, 0.25) is 0 Å². The van der Waals surface area contributed by atoms with Crippen LogP contribution in [-0.4, -0.2) is 112 Å². The second-order valence-corrected chi connectivity index (χ2v) is 16.8. The van der Waals surface area contributed by atoms with E-state index in [0.29, 0.717) is 60.5 Å². The minimum atomic E-state index is -1.39. The number of aryl methyl sites for hydroxylation is 2. The molecule has 3 heterocycles. The number of hydrogen-bond acceptors (Lipinski definition) is 11. The van der Waals surface area contributed by atoms with Crippen molar-refractivity contribution >= 4 is 59.1 Å². The van der Waals surface area contributed by atoms with E-state index in [9.17, 15) is 28.8 Å². The number of likely N-dealkylation sites (N-methyl/N-ethyl adjacent to an activating group) is 1. The second-order valence-electron chi connectivity index (χ2n) is 16.8. The Morgan fingerprint density at radius 2 is 1.68 bits per heavy atom. The van der Waals surface area contributed by atoms with Crippen LogP contribution in [0.4, 0.5) is 23.1 Å². The van der Waals surface area contributed by atoms with Gasteiger partial charge in [0, 0.05) is 62.9 Å². The number of likely N-dealkylation sites (tertiary alicyclic amines) is 1. The molecule has 4 rings (SSSR count). The van der Waals surface area contributed by atoms with Crippen molar-refractivity contribution < 1.29 is 28.8 Å². The predicted octanol–water partition coefficient (Wildman–Crippen LogP) is 3.70. The first-order chi connectivity index (χ1) is 28.2. The highest BCUT2D eigenvalue weighted by Gasteiger charge is 2.42. The molecule has 6 amide bonds. The molecule has 1 aromatic carbocycles. The van der Waals surface area contributed by atoms with Gasteiger partial charge in [-0.2, -0.15) is 4.98 Å². The number of anilines is 4. The van der Waals surface area contributed by atoms with Crippen LogP contribution in [0, 0.1) is 25.7 Å². The third kappa shape index (κ3) is 12.0. The van der Waals surface area contributed by atoms with Gasteiger partial charge in [-0.1, -0.05) is 33.8 Å². The lowest BCUT2D eigenvalue weighted by atomic mass is 9.98. The molecule has 1 unspecified atom stereocenters. The van der Waals surface area contributed by atoms with Crippen LogP contribution in [0.15, 0.2) is 42.7 Å². The van der Waals surface area contributed by atoms with Gasteiger partial charge in [-0.05, 0) is 88.6 Å². The lowest BCUT2D eigenvalue weighted by Gasteiger charge is -2.33. The average Bonchev–Trinajstić information content (AvgIpc) is 3.69. The minimum Gasteiger partial charge on any atom is -0.381 e. The van der Waals surface area contributed by atoms with Crippen molar-refractivity contribution in [3.8, 4) is 0 Å². The summed E-state index contributed by atoms with van der Waals surface area (Å²) in [5.74, 6) is -1.65. The number of hydrogen-bond donors (Lipinski definition) is 5. The molecule has 0 radical (unpaired) electrons. The SMILES string of the molecule is Cc1ccc(Nc2ncc(CNc3cc(C(=O)NC(C(=O)N4CCC[C@@H]4C(=O)NC(C)(C)C(=O)N[C@H](CC(C)C)C(=O)N(C)C)C(C)C)ccc3C)c(N(C)C=O)n2)cn1. The average molecular weight is 828 g/mol. The van der Waals surface area contributed by atoms with E-state index in [2.05, 4.69) is 41.5 Å². The maximum absolute atomic E-state index is 14.1. The third-order valence-electron chi connectivity index (χ3n) is 10.3. The van der Waals surface area contributed by atoms with Gasteiger partial charge < -0.3 is 41.3 Å². The Labute approximate surface area is 352 Å². The Kier molecular flexibility index (Phi) is 15.7. The molecule has 1 aliphatic heterocycles. The Bertz CT molecular complexity index is 2040. The Balaban J connectivity index is 1.45. The Hall–Kier alpha value is -6.13. The number of nitrogens with one attached hydrogen (secondary N) is 5. The van der Waals surface area contributed by atoms with Crippen molar-refractivity contribution in [1.29, 1.82) is 0 Å². The molecule has 1 saturated heterocycles. The van der Waals surface area contributed by atoms with Gasteiger partial charge in [-0.3, -0.25) is 33.8 Å². The topological polar surface area (TPSA) is 211 Å². The molecule has 5 N–H and O–H groups in total. The number of aromatic nitrogens is 3. The molecule has 17 heteroatoms. The summed E-state index contributed by atoms with van der Waals surface area (Å²) in [6.45, 7) is 15.0. The summed E-state index contributed by atoms with van der Waals surface area (Å²) < 4.78 is 0. The molecule has 0 bridgehead atoms. The van der Waals surface area contributed by atoms with E-state index in [1.165, 1.54) is 14.7 Å². The molecule has 3 aromatic rings. The number of carbonyl (C=O) groups is 6. The molecule has 60 heavy (non-hydrogen) atoms. The molecule has 1 fully saturated rings. The normalized spacial score (nSPS) is 14.9. The maximum atomic E-state index is 14.1. The van der Waals surface area contributed by atoms with Crippen molar-refractivity contribution in [2.75, 3.05) is 43.2 Å². The molecule has 0 aliphatic carbocycles. The maximum Gasteiger partial charge on any atom is 0.252 e. The molecular weight excluding hydrogens is 767 g/mol. The highest BCUT2D eigenvalue weighted by molar-refractivity contribution is 6.00. The molecular formula is C43H61N11O6. The van der Waals surface area contributed by atoms with Gasteiger partial charge in [0.15, 0.2) is 0 Å². The van der Waals surface area contributed by atoms with Gasteiger partial charge in [0.05, 0.1) is 11.9 Å². The van der Waals surface area contributed by atoms with Crippen LogP contribution < -0.4 is 31.5 Å². The van der Waals surface area contributed by atoms with E-state index in [1.807, 2.05) is 53.7 Å². The zero-order valence-electron chi connectivity index (χ0n) is 36.7. The smallest absolute Gasteiger partial charge is 0.252 e. The number of benzene rings is 1. The summed E-state index contributed by atoms with van der Waals surface area (Å²) in [5.41, 5.74) is 2.59. The highest BCUT2D eigenvalue weighted by Crippen LogP contribution is 2.25. The van der Waals surface area contributed by atoms with Crippen LogP contribution in [0.3, 0.4) is 0 Å². The summed E-state index contributed by atoms with van der Waals surface area (Å²) in [4.78, 5) is 97.3. The van der Waals surface area contributed by atoms with E-state index in [1.54, 1.807) is 65.6 Å². The van der Waals surface area contributed by atoms with Crippen molar-refractivity contribution in [1.82, 2.24) is 40.7 Å². The second kappa shape index (κ2) is 20.2. The molecule has 324 valence electrons. The summed E-state index contributed by atoms with van der Waals surface area (Å²) >= 11 is 0. The van der Waals surface area contributed by atoms with E-state index in [0.717, 1.165) is 11.3 Å². The number of nitrogens with zero attached hydrogens (tertiary/aromatic N) is 6. The van der Waals surface area contributed by atoms with Crippen LogP contribution in [0.5, 0.6) is 0 Å². The summed E-state index contributed by atoms with van der Waals surface area (Å²) in [7, 11) is 4.84. The fraction of sp³-hybridized carbons (Fsp3) is 0.512. The molecule has 0 spiro atoms. The lowest BCUT2D eigenvalue weighted by Crippen LogP contribution is -2.62. The molecule has 1 aliphatic rings. The first-order valence-corrected chi connectivity index (χ1v) is 20.3. The zero-order valence-corrected chi connectivity index (χ0v) is 36.7. The van der Waals surface area contributed by atoms with E-state index in [4.69, 9.17) is 0 Å². The van der Waals surface area contributed by atoms with E-state index in [-0.39, 0.29) is 30.2 Å². The van der Waals surface area contributed by atoms with Gasteiger partial charge in [-0.25, -0.2) is 4.98 Å². The number of carbonyl (C=O) groups excluding carboxylic acids is 6. The zero-order chi connectivity index (χ0) is 44.5. The van der Waals surface area contributed by atoms with Gasteiger partial charge in [0.2, 0.25) is 36.0 Å². The van der Waals surface area contributed by atoms with Crippen molar-refractivity contribution in [2.24, 2.45) is 11.8 Å². The van der Waals surface area contributed by atoms with Crippen molar-refractivity contribution in [3.05, 3.63) is 65.1 Å². The summed E-state index contributed by atoms with van der Waals surface area (Å²) in [6, 6.07) is 6.30. The monoisotopic (exact) mass is 827 g/mol. The first-order valence-electron chi connectivity index (χ1n) is 20.3. The van der Waals surface area contributed by atoms with Crippen molar-refractivity contribution in [2.45, 2.75) is 105 Å². The molecule has 3 atom stereocenters. The van der Waals surface area contributed by atoms with Crippen LogP contribution in [0.25, 0.3) is 0 Å². The summed E-state index contributed by atoms with van der Waals surface area (Å²) in [6.07, 6.45) is 5.31. The summed E-state index contributed by atoms with van der Waals surface area (Å²) in [5, 5.41) is 15.0. The number of amides is 6. The predicted molar refractivity (Wildman–Crippen MR) is 230 cm³/mol. The first kappa shape index (κ1) is 46.6. The van der Waals surface area contributed by atoms with Crippen LogP contribution in [-0.2, 0) is 30.5 Å². The molecule has 0 saturated carbocycles. The van der Waals surface area contributed by atoms with Crippen LogP contribution >= 0.6 is 0 Å². The number of pyridine rings is 1. The Morgan fingerprint density at radius 3 is 2.30 bits per heavy atom. The highest BCUT2D eigenvalue weighted by atomic mass is 16.2. The number of rotatable bonds is 18. The largest absolute Gasteiger partial charge is 0.381 e. The third-order valence-corrected chi connectivity index (χ3v) is 10.3. The van der Waals surface area contributed by atoms with Gasteiger partial charge >= 0.3 is 0 Å². The molecule has 17 nitrogen and oxygen atoms in total. The van der Waals surface area contributed by atoms with Gasteiger partial charge in [0.1, 0.15) is 29.5 Å². The Morgan fingerprint density at radius 1 is 0.967 bits per heavy atom. The van der Waals surface area contributed by atoms with Crippen molar-refractivity contribution in [3.63, 3.8) is 0 Å². The standard InChI is InChI=1S/C43H61N11O6/c1-25(2)19-33(39(58)52(9)10)48-41(60)43(7,8)51-38(57)34-13-12-18-54(34)40(59)35(26(3)4)49-37(56)29-16-14-27(5)32(20-29)45-21-30-22-46-42(50-36(30)53(11)24-55)47-31-17-15-28(6)44-23-31/h14-17,20,22-26,33-35,45H,12-13,18-19,21H2,1-11H3,(H,48,60)(H,49,56)(H,51,57)(H,46,47,50)/t33-,34-,35?/m1/s1. The van der Waals surface area contributed by atoms with E-state index >= 15 is 0 Å². The lowest BCUT2D eigenvalue weighted by molar-refractivity contribution is -0.143. The molecule has 2 aromatic heterocycles.